The summed E-state index contributed by atoms with van der Waals surface area (Å²) < 4.78 is 9.73. The van der Waals surface area contributed by atoms with Crippen LogP contribution < -0.4 is 0 Å². The largest absolute Gasteiger partial charge is 0.354 e. The Kier molecular flexibility index (Phi) is 8.60. The van der Waals surface area contributed by atoms with Crippen LogP contribution in [-0.4, -0.2) is 20.0 Å². The van der Waals surface area contributed by atoms with Gasteiger partial charge in [0.15, 0.2) is 5.79 Å². The minimum atomic E-state index is -0.417. The van der Waals surface area contributed by atoms with E-state index in [1.807, 2.05) is 27.7 Å². The van der Waals surface area contributed by atoms with E-state index >= 15 is 0 Å². The maximum absolute atomic E-state index is 8.48. The van der Waals surface area contributed by atoms with Crippen LogP contribution in [0.1, 0.15) is 47.5 Å². The molecular weight excluding hydrogens is 190 g/mol. The number of ether oxygens (including phenoxy) is 2. The van der Waals surface area contributed by atoms with Gasteiger partial charge < -0.3 is 9.47 Å². The van der Waals surface area contributed by atoms with Gasteiger partial charge in [-0.05, 0) is 34.1 Å². The van der Waals surface area contributed by atoms with Gasteiger partial charge in [0.1, 0.15) is 0 Å². The molecule has 3 nitrogen and oxygen atoms in total. The molecular formula is C12H25NO2. The van der Waals surface area contributed by atoms with Gasteiger partial charge in [-0.25, -0.2) is 0 Å². The first-order valence-electron chi connectivity index (χ1n) is 5.26. The number of rotatable bonds is 4. The number of nitriles is 1. The van der Waals surface area contributed by atoms with E-state index in [0.29, 0.717) is 0 Å². The van der Waals surface area contributed by atoms with Gasteiger partial charge in [0.25, 0.3) is 0 Å². The Morgan fingerprint density at radius 2 is 1.47 bits per heavy atom. The third-order valence-corrected chi connectivity index (χ3v) is 2.16. The van der Waals surface area contributed by atoms with Crippen LogP contribution >= 0.6 is 0 Å². The van der Waals surface area contributed by atoms with Crippen molar-refractivity contribution in [2.24, 2.45) is 5.41 Å². The zero-order valence-electron chi connectivity index (χ0n) is 11.2. The van der Waals surface area contributed by atoms with E-state index in [1.165, 1.54) is 0 Å². The first kappa shape index (κ1) is 16.8. The highest BCUT2D eigenvalue weighted by Crippen LogP contribution is 2.19. The van der Waals surface area contributed by atoms with E-state index in [2.05, 4.69) is 13.0 Å². The van der Waals surface area contributed by atoms with Crippen LogP contribution in [0.25, 0.3) is 0 Å². The Bertz CT molecular complexity index is 186. The van der Waals surface area contributed by atoms with Gasteiger partial charge in [-0.15, -0.1) is 0 Å². The monoisotopic (exact) mass is 215 g/mol. The van der Waals surface area contributed by atoms with Gasteiger partial charge >= 0.3 is 0 Å². The van der Waals surface area contributed by atoms with Gasteiger partial charge in [0.05, 0.1) is 11.5 Å². The summed E-state index contributed by atoms with van der Waals surface area (Å²) in [5.74, 6) is -0.417. The third kappa shape index (κ3) is 11.3. The molecule has 0 aliphatic carbocycles. The Morgan fingerprint density at radius 1 is 1.07 bits per heavy atom. The highest BCUT2D eigenvalue weighted by atomic mass is 16.7. The van der Waals surface area contributed by atoms with E-state index in [1.54, 1.807) is 14.2 Å². The van der Waals surface area contributed by atoms with E-state index in [-0.39, 0.29) is 5.41 Å². The first-order chi connectivity index (χ1) is 6.74. The van der Waals surface area contributed by atoms with Crippen molar-refractivity contribution >= 4 is 0 Å². The van der Waals surface area contributed by atoms with Crippen molar-refractivity contribution < 1.29 is 9.47 Å². The Morgan fingerprint density at radius 3 is 1.53 bits per heavy atom. The molecule has 15 heavy (non-hydrogen) atoms. The van der Waals surface area contributed by atoms with Crippen LogP contribution in [-0.2, 0) is 9.47 Å². The van der Waals surface area contributed by atoms with Crippen LogP contribution in [0.15, 0.2) is 0 Å². The van der Waals surface area contributed by atoms with E-state index in [9.17, 15) is 0 Å². The summed E-state index contributed by atoms with van der Waals surface area (Å²) in [6.45, 7) is 9.74. The zero-order chi connectivity index (χ0) is 12.5. The van der Waals surface area contributed by atoms with Crippen molar-refractivity contribution in [3.63, 3.8) is 0 Å². The SMILES string of the molecule is CCCC(C)(C)C#N.COC(C)(C)OC. The topological polar surface area (TPSA) is 42.2 Å². The van der Waals surface area contributed by atoms with Crippen LogP contribution in [0.5, 0.6) is 0 Å². The van der Waals surface area contributed by atoms with Crippen LogP contribution in [0.2, 0.25) is 0 Å². The molecule has 0 amide bonds. The second kappa shape index (κ2) is 7.67. The normalized spacial score (nSPS) is 11.3. The molecule has 0 rings (SSSR count). The van der Waals surface area contributed by atoms with Crippen LogP contribution in [0.3, 0.4) is 0 Å². The molecule has 0 saturated carbocycles. The van der Waals surface area contributed by atoms with Crippen LogP contribution in [0.4, 0.5) is 0 Å². The Hall–Kier alpha value is -0.590. The molecule has 0 saturated heterocycles. The highest BCUT2D eigenvalue weighted by Gasteiger charge is 2.13. The van der Waals surface area contributed by atoms with Crippen molar-refractivity contribution in [3.8, 4) is 6.07 Å². The van der Waals surface area contributed by atoms with Crippen molar-refractivity contribution in [1.29, 1.82) is 5.26 Å². The molecule has 0 bridgehead atoms. The lowest BCUT2D eigenvalue weighted by atomic mass is 9.90. The predicted molar refractivity (Wildman–Crippen MR) is 62.4 cm³/mol. The van der Waals surface area contributed by atoms with Gasteiger partial charge in [-0.2, -0.15) is 5.26 Å². The van der Waals surface area contributed by atoms with E-state index in [0.717, 1.165) is 12.8 Å². The van der Waals surface area contributed by atoms with E-state index in [4.69, 9.17) is 14.7 Å². The highest BCUT2D eigenvalue weighted by molar-refractivity contribution is 4.90. The molecule has 0 aromatic rings. The van der Waals surface area contributed by atoms with Crippen molar-refractivity contribution in [2.75, 3.05) is 14.2 Å². The molecule has 0 heterocycles. The molecule has 0 aromatic heterocycles. The molecule has 0 spiro atoms. The van der Waals surface area contributed by atoms with Crippen molar-refractivity contribution in [2.45, 2.75) is 53.2 Å². The average molecular weight is 215 g/mol. The minimum Gasteiger partial charge on any atom is -0.354 e. The summed E-state index contributed by atoms with van der Waals surface area (Å²) in [5.41, 5.74) is -0.102. The van der Waals surface area contributed by atoms with Gasteiger partial charge in [-0.3, -0.25) is 0 Å². The summed E-state index contributed by atoms with van der Waals surface area (Å²) in [6, 6.07) is 2.24. The quantitative estimate of drug-likeness (QED) is 0.675. The lowest BCUT2D eigenvalue weighted by Crippen LogP contribution is -2.24. The molecule has 3 heteroatoms. The molecule has 0 radical (unpaired) electrons. The number of hydrogen-bond donors (Lipinski definition) is 0. The molecule has 0 N–H and O–H groups in total. The average Bonchev–Trinajstić information content (AvgIpc) is 2.19. The molecule has 0 aromatic carbocycles. The summed E-state index contributed by atoms with van der Waals surface area (Å²) in [7, 11) is 3.23. The van der Waals surface area contributed by atoms with Gasteiger partial charge in [0.2, 0.25) is 0 Å². The number of nitrogens with zero attached hydrogens (tertiary/aromatic N) is 1. The van der Waals surface area contributed by atoms with Gasteiger partial charge in [0, 0.05) is 14.2 Å². The standard InChI is InChI=1S/C7H13N.C5H12O2/c1-4-5-7(2,3)6-8;1-5(2,6-3)7-4/h4-5H2,1-3H3;1-4H3. The summed E-state index contributed by atoms with van der Waals surface area (Å²) >= 11 is 0. The molecule has 0 unspecified atom stereocenters. The maximum Gasteiger partial charge on any atom is 0.161 e. The summed E-state index contributed by atoms with van der Waals surface area (Å²) in [5, 5.41) is 8.48. The molecule has 0 aliphatic rings. The Balaban J connectivity index is 0. The van der Waals surface area contributed by atoms with Crippen molar-refractivity contribution in [3.05, 3.63) is 0 Å². The molecule has 0 aliphatic heterocycles. The fourth-order valence-corrected chi connectivity index (χ4v) is 0.764. The molecule has 0 atom stereocenters. The van der Waals surface area contributed by atoms with E-state index < -0.39 is 5.79 Å². The predicted octanol–water partition coefficient (Wildman–Crippen LogP) is 3.35. The molecule has 0 fully saturated rings. The third-order valence-electron chi connectivity index (χ3n) is 2.16. The molecule has 90 valence electrons. The second-order valence-corrected chi connectivity index (χ2v) is 4.55. The fourth-order valence-electron chi connectivity index (χ4n) is 0.764. The summed E-state index contributed by atoms with van der Waals surface area (Å²) in [4.78, 5) is 0. The maximum atomic E-state index is 8.48. The lowest BCUT2D eigenvalue weighted by molar-refractivity contribution is -0.178. The Labute approximate surface area is 94.4 Å². The first-order valence-corrected chi connectivity index (χ1v) is 5.26. The number of hydrogen-bond acceptors (Lipinski definition) is 3. The van der Waals surface area contributed by atoms with Gasteiger partial charge in [-0.1, -0.05) is 13.3 Å². The smallest absolute Gasteiger partial charge is 0.161 e. The second-order valence-electron chi connectivity index (χ2n) is 4.55. The van der Waals surface area contributed by atoms with Crippen LogP contribution in [0, 0.1) is 16.7 Å². The summed E-state index contributed by atoms with van der Waals surface area (Å²) in [6.07, 6.45) is 2.10. The minimum absolute atomic E-state index is 0.102. The number of methoxy groups -OCH3 is 2. The van der Waals surface area contributed by atoms with Crippen molar-refractivity contribution in [1.82, 2.24) is 0 Å². The lowest BCUT2D eigenvalue weighted by Gasteiger charge is -2.19. The zero-order valence-corrected chi connectivity index (χ0v) is 11.2. The fraction of sp³-hybridized carbons (Fsp3) is 0.917.